The van der Waals surface area contributed by atoms with Gasteiger partial charge in [0.1, 0.15) is 24.7 Å². The van der Waals surface area contributed by atoms with Crippen LogP contribution in [0.4, 0.5) is 11.4 Å². The van der Waals surface area contributed by atoms with E-state index in [1.807, 2.05) is 24.3 Å². The van der Waals surface area contributed by atoms with E-state index < -0.39 is 0 Å². The zero-order valence-corrected chi connectivity index (χ0v) is 22.4. The average molecular weight is 539 g/mol. The summed E-state index contributed by atoms with van der Waals surface area (Å²) in [5, 5.41) is 5.62. The summed E-state index contributed by atoms with van der Waals surface area (Å²) in [5.74, 6) is 1.40. The van der Waals surface area contributed by atoms with Crippen LogP contribution in [-0.2, 0) is 22.8 Å². The number of amides is 2. The number of aryl methyl sites for hydroxylation is 2. The van der Waals surface area contributed by atoms with Gasteiger partial charge in [-0.2, -0.15) is 0 Å². The minimum absolute atomic E-state index is 0.227. The van der Waals surface area contributed by atoms with Gasteiger partial charge in [0, 0.05) is 11.4 Å². The lowest BCUT2D eigenvalue weighted by Crippen LogP contribution is -2.22. The van der Waals surface area contributed by atoms with Crippen molar-refractivity contribution in [3.05, 3.63) is 107 Å². The maximum absolute atomic E-state index is 12.5. The Bertz CT molecular complexity index is 1390. The fourth-order valence-corrected chi connectivity index (χ4v) is 4.17. The van der Waals surface area contributed by atoms with Gasteiger partial charge in [-0.3, -0.25) is 9.59 Å². The third-order valence-corrected chi connectivity index (χ3v) is 6.45. The Balaban J connectivity index is 1.38. The number of benzene rings is 4. The van der Waals surface area contributed by atoms with Crippen molar-refractivity contribution in [1.82, 2.24) is 0 Å². The maximum atomic E-state index is 12.5. The molecule has 0 spiro atoms. The molecule has 204 valence electrons. The first-order chi connectivity index (χ1) is 19.4. The Kier molecular flexibility index (Phi) is 8.15. The summed E-state index contributed by atoms with van der Waals surface area (Å²) in [5.41, 5.74) is 5.61. The van der Waals surface area contributed by atoms with E-state index >= 15 is 0 Å². The Morgan fingerprint density at radius 2 is 0.925 bits per heavy atom. The van der Waals surface area contributed by atoms with Crippen LogP contribution >= 0.6 is 0 Å². The molecule has 0 fully saturated rings. The van der Waals surface area contributed by atoms with E-state index in [9.17, 15) is 9.59 Å². The molecular weight excluding hydrogens is 508 g/mol. The van der Waals surface area contributed by atoms with Gasteiger partial charge in [-0.05, 0) is 96.8 Å². The van der Waals surface area contributed by atoms with Gasteiger partial charge in [0.05, 0.1) is 0 Å². The second-order valence-corrected chi connectivity index (χ2v) is 9.45. The Labute approximate surface area is 232 Å². The van der Waals surface area contributed by atoms with Gasteiger partial charge in [-0.1, -0.05) is 24.3 Å². The van der Waals surface area contributed by atoms with E-state index in [-0.39, 0.29) is 25.0 Å². The monoisotopic (exact) mass is 538 g/mol. The van der Waals surface area contributed by atoms with E-state index in [1.54, 1.807) is 48.5 Å². The summed E-state index contributed by atoms with van der Waals surface area (Å²) in [4.78, 5) is 25.0. The third kappa shape index (κ3) is 6.91. The molecule has 4 aliphatic heterocycles. The molecule has 4 aromatic rings. The Hall–Kier alpha value is -4.98. The fraction of sp³-hybridized carbons (Fsp3) is 0.188. The van der Waals surface area contributed by atoms with E-state index in [0.717, 1.165) is 11.1 Å². The molecule has 8 nitrogen and oxygen atoms in total. The zero-order chi connectivity index (χ0) is 27.9. The lowest BCUT2D eigenvalue weighted by atomic mass is 10.0. The summed E-state index contributed by atoms with van der Waals surface area (Å²) in [6, 6.07) is 25.4. The predicted octanol–water partition coefficient (Wildman–Crippen LogP) is 5.81. The van der Waals surface area contributed by atoms with Crippen molar-refractivity contribution in [2.24, 2.45) is 0 Å². The molecule has 0 aromatic heterocycles. The van der Waals surface area contributed by atoms with E-state index in [2.05, 4.69) is 36.6 Å². The molecule has 0 aliphatic carbocycles. The summed E-state index contributed by atoms with van der Waals surface area (Å²) in [7, 11) is 0. The number of anilines is 2. The van der Waals surface area contributed by atoms with Gasteiger partial charge in [0.2, 0.25) is 0 Å². The number of nitrogens with one attached hydrogen (secondary N) is 2. The molecular formula is C32H30N2O6. The van der Waals surface area contributed by atoms with Crippen molar-refractivity contribution in [3.63, 3.8) is 0 Å². The molecule has 4 aliphatic rings. The van der Waals surface area contributed by atoms with Crippen LogP contribution in [0.1, 0.15) is 22.3 Å². The number of ether oxygens (including phenoxy) is 4. The molecule has 8 heteroatoms. The van der Waals surface area contributed by atoms with Gasteiger partial charge < -0.3 is 29.6 Å². The molecule has 0 unspecified atom stereocenters. The highest BCUT2D eigenvalue weighted by Gasteiger charge is 2.12. The maximum Gasteiger partial charge on any atom is 0.262 e. The molecule has 0 saturated heterocycles. The van der Waals surface area contributed by atoms with Crippen LogP contribution in [0.15, 0.2) is 84.9 Å². The second kappa shape index (κ2) is 12.3. The van der Waals surface area contributed by atoms with E-state index in [4.69, 9.17) is 18.9 Å². The lowest BCUT2D eigenvalue weighted by Gasteiger charge is -2.16. The third-order valence-electron chi connectivity index (χ3n) is 6.45. The van der Waals surface area contributed by atoms with Crippen LogP contribution in [0.3, 0.4) is 0 Å². The predicted molar refractivity (Wildman–Crippen MR) is 152 cm³/mol. The van der Waals surface area contributed by atoms with Crippen LogP contribution in [0.25, 0.3) is 0 Å². The van der Waals surface area contributed by atoms with Crippen molar-refractivity contribution in [2.75, 3.05) is 23.8 Å². The molecule has 4 heterocycles. The van der Waals surface area contributed by atoms with Crippen LogP contribution in [0.5, 0.6) is 23.0 Å². The first kappa shape index (κ1) is 26.6. The largest absolute Gasteiger partial charge is 0.489 e. The highest BCUT2D eigenvalue weighted by Crippen LogP contribution is 2.27. The Morgan fingerprint density at radius 1 is 0.525 bits per heavy atom. The van der Waals surface area contributed by atoms with Gasteiger partial charge in [-0.15, -0.1) is 0 Å². The molecule has 2 amide bonds. The minimum atomic E-state index is -0.334. The molecule has 4 bridgehead atoms. The number of para-hydroxylation sites is 2. The van der Waals surface area contributed by atoms with Crippen LogP contribution < -0.4 is 29.6 Å². The van der Waals surface area contributed by atoms with Gasteiger partial charge in [-0.25, -0.2) is 0 Å². The van der Waals surface area contributed by atoms with Gasteiger partial charge in [0.25, 0.3) is 11.8 Å². The number of carbonyl (C=O) groups excluding carboxylic acids is 2. The van der Waals surface area contributed by atoms with Crippen molar-refractivity contribution in [1.29, 1.82) is 0 Å². The molecule has 0 radical (unpaired) electrons. The highest BCUT2D eigenvalue weighted by atomic mass is 16.5. The molecule has 2 N–H and O–H groups in total. The van der Waals surface area contributed by atoms with E-state index in [1.165, 1.54) is 11.1 Å². The van der Waals surface area contributed by atoms with Crippen LogP contribution in [0, 0.1) is 13.8 Å². The number of carbonyl (C=O) groups is 2. The fourth-order valence-electron chi connectivity index (χ4n) is 4.17. The molecule has 40 heavy (non-hydrogen) atoms. The van der Waals surface area contributed by atoms with E-state index in [0.29, 0.717) is 47.6 Å². The quantitative estimate of drug-likeness (QED) is 0.293. The zero-order valence-electron chi connectivity index (χ0n) is 22.4. The molecule has 8 rings (SSSR count). The first-order valence-electron chi connectivity index (χ1n) is 12.9. The summed E-state index contributed by atoms with van der Waals surface area (Å²) in [6.07, 6.45) is 0. The van der Waals surface area contributed by atoms with Crippen molar-refractivity contribution in [3.8, 4) is 23.0 Å². The molecule has 4 aromatic carbocycles. The topological polar surface area (TPSA) is 95.1 Å². The highest BCUT2D eigenvalue weighted by molar-refractivity contribution is 5.92. The average Bonchev–Trinajstić information content (AvgIpc) is 2.96. The van der Waals surface area contributed by atoms with Gasteiger partial charge in [0.15, 0.2) is 24.7 Å². The van der Waals surface area contributed by atoms with Crippen molar-refractivity contribution in [2.45, 2.75) is 27.1 Å². The second-order valence-electron chi connectivity index (χ2n) is 9.45. The number of hydrogen-bond donors (Lipinski definition) is 2. The first-order valence-corrected chi connectivity index (χ1v) is 12.9. The van der Waals surface area contributed by atoms with Gasteiger partial charge >= 0.3 is 0 Å². The lowest BCUT2D eigenvalue weighted by molar-refractivity contribution is -0.119. The summed E-state index contributed by atoms with van der Waals surface area (Å²) >= 11 is 0. The normalized spacial score (nSPS) is 14.2. The van der Waals surface area contributed by atoms with Crippen molar-refractivity contribution < 1.29 is 28.5 Å². The summed E-state index contributed by atoms with van der Waals surface area (Å²) in [6.45, 7) is 4.42. The number of rotatable bonds is 0. The van der Waals surface area contributed by atoms with Crippen molar-refractivity contribution >= 4 is 23.2 Å². The van der Waals surface area contributed by atoms with Crippen LogP contribution in [0.2, 0.25) is 0 Å². The summed E-state index contributed by atoms with van der Waals surface area (Å²) < 4.78 is 23.5. The van der Waals surface area contributed by atoms with Crippen LogP contribution in [-0.4, -0.2) is 25.0 Å². The Morgan fingerprint density at radius 3 is 1.32 bits per heavy atom. The number of hydrogen-bond acceptors (Lipinski definition) is 6. The molecule has 0 atom stereocenters. The smallest absolute Gasteiger partial charge is 0.262 e. The minimum Gasteiger partial charge on any atom is -0.489 e. The SMILES string of the molecule is Cc1cc2c(cc1C)COc1ccc(cc1)NC(=O)COc1ccccc1OCC(=O)Nc1ccc(cc1)OC2. The molecule has 0 saturated carbocycles. The standard InChI is InChI=1S/C32H30N2O6/c1-21-15-23-17-37-27-11-7-25(8-12-27)33-31(35)19-39-29-5-3-4-6-30(29)40-20-32(36)34-26-9-13-28(14-10-26)38-18-24(23)16-22(21)2/h3-16H,17-20H2,1-2H3,(H,33,35)(H,34,36).